The number of carbonyl (C=O) groups is 1. The molecule has 2 aromatic rings. The number of hydrogen-bond donors (Lipinski definition) is 1. The lowest BCUT2D eigenvalue weighted by molar-refractivity contribution is -0.111. The highest BCUT2D eigenvalue weighted by molar-refractivity contribution is 6.31. The molecule has 0 saturated heterocycles. The molecule has 0 aliphatic rings. The van der Waals surface area contributed by atoms with E-state index in [0.717, 1.165) is 6.07 Å². The number of hydrogen-bond acceptors (Lipinski definition) is 1. The first kappa shape index (κ1) is 14.2. The fourth-order valence-electron chi connectivity index (χ4n) is 1.54. The maximum absolute atomic E-state index is 12.9. The molecule has 2 rings (SSSR count). The Hall–Kier alpha value is -2.20. The minimum atomic E-state index is -0.556. The first-order valence-corrected chi connectivity index (χ1v) is 6.12. The van der Waals surface area contributed by atoms with Crippen molar-refractivity contribution in [2.75, 3.05) is 5.32 Å². The van der Waals surface area contributed by atoms with Crippen molar-refractivity contribution in [2.45, 2.75) is 0 Å². The van der Waals surface area contributed by atoms with Gasteiger partial charge in [-0.3, -0.25) is 4.79 Å². The van der Waals surface area contributed by atoms with Crippen molar-refractivity contribution in [3.05, 3.63) is 70.8 Å². The van der Waals surface area contributed by atoms with Crippen LogP contribution in [0.2, 0.25) is 5.02 Å². The van der Waals surface area contributed by atoms with Crippen LogP contribution in [0.25, 0.3) is 6.08 Å². The summed E-state index contributed by atoms with van der Waals surface area (Å²) in [6.45, 7) is 0. The van der Waals surface area contributed by atoms with Crippen molar-refractivity contribution < 1.29 is 13.6 Å². The van der Waals surface area contributed by atoms with Gasteiger partial charge in [-0.05, 0) is 42.0 Å². The summed E-state index contributed by atoms with van der Waals surface area (Å²) < 4.78 is 25.9. The lowest BCUT2D eigenvalue weighted by Crippen LogP contribution is -2.07. The lowest BCUT2D eigenvalue weighted by atomic mass is 10.2. The Labute approximate surface area is 119 Å². The Morgan fingerprint density at radius 3 is 2.65 bits per heavy atom. The van der Waals surface area contributed by atoms with Crippen molar-refractivity contribution in [1.29, 1.82) is 0 Å². The molecule has 20 heavy (non-hydrogen) atoms. The van der Waals surface area contributed by atoms with Gasteiger partial charge in [0.25, 0.3) is 0 Å². The molecule has 1 amide bonds. The van der Waals surface area contributed by atoms with Gasteiger partial charge in [-0.2, -0.15) is 0 Å². The van der Waals surface area contributed by atoms with E-state index >= 15 is 0 Å². The molecule has 0 aromatic heterocycles. The number of benzene rings is 2. The van der Waals surface area contributed by atoms with Gasteiger partial charge in [-0.1, -0.05) is 23.7 Å². The molecule has 2 aromatic carbocycles. The highest BCUT2D eigenvalue weighted by atomic mass is 35.5. The predicted molar refractivity (Wildman–Crippen MR) is 75.5 cm³/mol. The molecule has 0 bridgehead atoms. The summed E-state index contributed by atoms with van der Waals surface area (Å²) in [5.41, 5.74) is 0.947. The quantitative estimate of drug-likeness (QED) is 0.841. The van der Waals surface area contributed by atoms with E-state index in [-0.39, 0.29) is 10.8 Å². The third-order valence-electron chi connectivity index (χ3n) is 2.46. The zero-order chi connectivity index (χ0) is 14.5. The molecule has 102 valence electrons. The maximum Gasteiger partial charge on any atom is 0.248 e. The normalized spacial score (nSPS) is 10.8. The Bertz CT molecular complexity index is 671. The van der Waals surface area contributed by atoms with Gasteiger partial charge >= 0.3 is 0 Å². The standard InChI is InChI=1S/C15H10ClF2NO/c16-13-9-12(5-6-14(13)18)19-15(20)7-4-10-2-1-3-11(17)8-10/h1-9H,(H,19,20)/b7-4+. The van der Waals surface area contributed by atoms with E-state index in [1.807, 2.05) is 0 Å². The Balaban J connectivity index is 2.03. The molecule has 0 radical (unpaired) electrons. The fraction of sp³-hybridized carbons (Fsp3) is 0. The molecular weight excluding hydrogens is 284 g/mol. The van der Waals surface area contributed by atoms with Gasteiger partial charge in [-0.25, -0.2) is 8.78 Å². The van der Waals surface area contributed by atoms with Gasteiger partial charge in [0.15, 0.2) is 0 Å². The van der Waals surface area contributed by atoms with Gasteiger partial charge in [0.05, 0.1) is 5.02 Å². The first-order valence-electron chi connectivity index (χ1n) is 5.74. The Morgan fingerprint density at radius 1 is 1.15 bits per heavy atom. The van der Waals surface area contributed by atoms with Crippen LogP contribution in [0.3, 0.4) is 0 Å². The molecule has 0 saturated carbocycles. The Morgan fingerprint density at radius 2 is 1.95 bits per heavy atom. The van der Waals surface area contributed by atoms with E-state index in [1.54, 1.807) is 12.1 Å². The highest BCUT2D eigenvalue weighted by Crippen LogP contribution is 2.19. The molecule has 0 atom stereocenters. The van der Waals surface area contributed by atoms with Crippen molar-refractivity contribution >= 4 is 29.3 Å². The van der Waals surface area contributed by atoms with Crippen LogP contribution in [0.4, 0.5) is 14.5 Å². The van der Waals surface area contributed by atoms with E-state index < -0.39 is 11.7 Å². The molecule has 0 fully saturated rings. The summed E-state index contributed by atoms with van der Waals surface area (Å²) in [6.07, 6.45) is 2.73. The van der Waals surface area contributed by atoms with Gasteiger partial charge in [0.1, 0.15) is 11.6 Å². The molecule has 0 unspecified atom stereocenters. The monoisotopic (exact) mass is 293 g/mol. The zero-order valence-corrected chi connectivity index (χ0v) is 11.0. The molecule has 0 aliphatic heterocycles. The second-order valence-electron chi connectivity index (χ2n) is 4.01. The van der Waals surface area contributed by atoms with Crippen LogP contribution in [0, 0.1) is 11.6 Å². The number of rotatable bonds is 3. The third kappa shape index (κ3) is 3.90. The summed E-state index contributed by atoms with van der Waals surface area (Å²) in [7, 11) is 0. The number of nitrogens with one attached hydrogen (secondary N) is 1. The molecule has 0 heterocycles. The summed E-state index contributed by atoms with van der Waals surface area (Å²) in [6, 6.07) is 9.71. The van der Waals surface area contributed by atoms with E-state index in [2.05, 4.69) is 5.32 Å². The van der Waals surface area contributed by atoms with Crippen LogP contribution in [0.15, 0.2) is 48.5 Å². The largest absolute Gasteiger partial charge is 0.322 e. The van der Waals surface area contributed by atoms with E-state index in [1.165, 1.54) is 36.4 Å². The highest BCUT2D eigenvalue weighted by Gasteiger charge is 2.02. The average molecular weight is 294 g/mol. The first-order chi connectivity index (χ1) is 9.54. The van der Waals surface area contributed by atoms with Crippen molar-refractivity contribution in [2.24, 2.45) is 0 Å². The topological polar surface area (TPSA) is 29.1 Å². The lowest BCUT2D eigenvalue weighted by Gasteiger charge is -2.03. The number of carbonyl (C=O) groups excluding carboxylic acids is 1. The van der Waals surface area contributed by atoms with E-state index in [0.29, 0.717) is 11.3 Å². The molecule has 0 aliphatic carbocycles. The van der Waals surface area contributed by atoms with E-state index in [4.69, 9.17) is 11.6 Å². The second kappa shape index (κ2) is 6.30. The van der Waals surface area contributed by atoms with Gasteiger partial charge in [0, 0.05) is 11.8 Å². The number of anilines is 1. The Kier molecular flexibility index (Phi) is 4.48. The van der Waals surface area contributed by atoms with Crippen LogP contribution in [0.5, 0.6) is 0 Å². The van der Waals surface area contributed by atoms with Gasteiger partial charge in [-0.15, -0.1) is 0 Å². The van der Waals surface area contributed by atoms with Crippen molar-refractivity contribution in [3.8, 4) is 0 Å². The van der Waals surface area contributed by atoms with Crippen LogP contribution in [-0.4, -0.2) is 5.91 Å². The van der Waals surface area contributed by atoms with Crippen LogP contribution in [-0.2, 0) is 4.79 Å². The summed E-state index contributed by atoms with van der Waals surface area (Å²) in [4.78, 5) is 11.6. The number of amides is 1. The predicted octanol–water partition coefficient (Wildman–Crippen LogP) is 4.27. The molecule has 5 heteroatoms. The van der Waals surface area contributed by atoms with Crippen LogP contribution < -0.4 is 5.32 Å². The second-order valence-corrected chi connectivity index (χ2v) is 4.41. The minimum absolute atomic E-state index is 0.0723. The fourth-order valence-corrected chi connectivity index (χ4v) is 1.72. The summed E-state index contributed by atoms with van der Waals surface area (Å²) >= 11 is 5.60. The SMILES string of the molecule is O=C(/C=C/c1cccc(F)c1)Nc1ccc(F)c(Cl)c1. The van der Waals surface area contributed by atoms with Gasteiger partial charge < -0.3 is 5.32 Å². The molecular formula is C15H10ClF2NO. The van der Waals surface area contributed by atoms with Crippen LogP contribution in [0.1, 0.15) is 5.56 Å². The van der Waals surface area contributed by atoms with Crippen molar-refractivity contribution in [3.63, 3.8) is 0 Å². The maximum atomic E-state index is 12.9. The average Bonchev–Trinajstić information content (AvgIpc) is 2.41. The molecule has 0 spiro atoms. The molecule has 1 N–H and O–H groups in total. The van der Waals surface area contributed by atoms with Crippen molar-refractivity contribution in [1.82, 2.24) is 0 Å². The third-order valence-corrected chi connectivity index (χ3v) is 2.75. The zero-order valence-electron chi connectivity index (χ0n) is 10.2. The van der Waals surface area contributed by atoms with Gasteiger partial charge in [0.2, 0.25) is 5.91 Å². The summed E-state index contributed by atoms with van der Waals surface area (Å²) in [5.74, 6) is -1.35. The minimum Gasteiger partial charge on any atom is -0.322 e. The van der Waals surface area contributed by atoms with E-state index in [9.17, 15) is 13.6 Å². The molecule has 2 nitrogen and oxygen atoms in total. The smallest absolute Gasteiger partial charge is 0.248 e. The number of halogens is 3. The van der Waals surface area contributed by atoms with Crippen LogP contribution >= 0.6 is 11.6 Å². The summed E-state index contributed by atoms with van der Waals surface area (Å²) in [5, 5.41) is 2.45.